The van der Waals surface area contributed by atoms with E-state index < -0.39 is 0 Å². The number of thiazole rings is 1. The lowest BCUT2D eigenvalue weighted by atomic mass is 10.1. The molecule has 8 nitrogen and oxygen atoms in total. The Bertz CT molecular complexity index is 1240. The monoisotopic (exact) mass is 550 g/mol. The van der Waals surface area contributed by atoms with Crippen molar-refractivity contribution in [3.05, 3.63) is 46.5 Å². The molecular formula is C30H42N6O2S. The van der Waals surface area contributed by atoms with E-state index in [1.165, 1.54) is 12.8 Å². The SMILES string of the molecule is COc1ccc2cccnc2c1N1CCCN([C@@H](CC(=O)NCCN2CCCC2)c2csc(C(C)C)n2)CC1. The minimum absolute atomic E-state index is 0.0342. The lowest BCUT2D eigenvalue weighted by Crippen LogP contribution is -2.38. The molecule has 2 aromatic heterocycles. The second-order valence-corrected chi connectivity index (χ2v) is 11.8. The highest BCUT2D eigenvalue weighted by atomic mass is 32.1. The lowest BCUT2D eigenvalue weighted by molar-refractivity contribution is -0.122. The number of likely N-dealkylation sites (tertiary alicyclic amines) is 1. The third kappa shape index (κ3) is 6.70. The van der Waals surface area contributed by atoms with Gasteiger partial charge in [-0.3, -0.25) is 14.7 Å². The summed E-state index contributed by atoms with van der Waals surface area (Å²) in [4.78, 5) is 30.2. The summed E-state index contributed by atoms with van der Waals surface area (Å²) < 4.78 is 5.78. The van der Waals surface area contributed by atoms with Gasteiger partial charge in [0.1, 0.15) is 11.4 Å². The van der Waals surface area contributed by atoms with Crippen molar-refractivity contribution in [1.82, 2.24) is 25.1 Å². The summed E-state index contributed by atoms with van der Waals surface area (Å²) in [7, 11) is 1.73. The number of benzene rings is 1. The van der Waals surface area contributed by atoms with Gasteiger partial charge in [0.15, 0.2) is 0 Å². The molecule has 2 aliphatic heterocycles. The van der Waals surface area contributed by atoms with Crippen LogP contribution in [0, 0.1) is 0 Å². The number of rotatable bonds is 10. The number of methoxy groups -OCH3 is 1. The molecule has 2 fully saturated rings. The molecule has 2 saturated heterocycles. The number of carbonyl (C=O) groups is 1. The Morgan fingerprint density at radius 3 is 2.69 bits per heavy atom. The van der Waals surface area contributed by atoms with Crippen molar-refractivity contribution in [1.29, 1.82) is 0 Å². The van der Waals surface area contributed by atoms with Crippen molar-refractivity contribution >= 4 is 33.8 Å². The van der Waals surface area contributed by atoms with Crippen molar-refractivity contribution in [2.75, 3.05) is 64.4 Å². The van der Waals surface area contributed by atoms with Crippen LogP contribution in [-0.2, 0) is 4.79 Å². The van der Waals surface area contributed by atoms with E-state index in [-0.39, 0.29) is 11.9 Å². The van der Waals surface area contributed by atoms with Gasteiger partial charge < -0.3 is 19.9 Å². The van der Waals surface area contributed by atoms with Crippen molar-refractivity contribution in [3.63, 3.8) is 0 Å². The number of ether oxygens (including phenoxy) is 1. The number of anilines is 1. The number of nitrogens with zero attached hydrogens (tertiary/aromatic N) is 5. The van der Waals surface area contributed by atoms with Crippen LogP contribution in [0.4, 0.5) is 5.69 Å². The maximum absolute atomic E-state index is 13.2. The Morgan fingerprint density at radius 2 is 1.92 bits per heavy atom. The van der Waals surface area contributed by atoms with Gasteiger partial charge in [0, 0.05) is 68.6 Å². The second-order valence-electron chi connectivity index (χ2n) is 11.0. The Morgan fingerprint density at radius 1 is 1.08 bits per heavy atom. The molecule has 2 aliphatic rings. The molecule has 4 heterocycles. The zero-order valence-electron chi connectivity index (χ0n) is 23.6. The minimum atomic E-state index is -0.0342. The van der Waals surface area contributed by atoms with Crippen LogP contribution in [0.1, 0.15) is 62.2 Å². The van der Waals surface area contributed by atoms with Crippen LogP contribution in [-0.4, -0.2) is 85.1 Å². The number of hydrogen-bond acceptors (Lipinski definition) is 8. The molecule has 9 heteroatoms. The molecule has 1 amide bonds. The highest BCUT2D eigenvalue weighted by molar-refractivity contribution is 7.09. The number of nitrogens with one attached hydrogen (secondary N) is 1. The first-order valence-electron chi connectivity index (χ1n) is 14.4. The van der Waals surface area contributed by atoms with Gasteiger partial charge >= 0.3 is 0 Å². The van der Waals surface area contributed by atoms with Crippen LogP contribution in [0.3, 0.4) is 0 Å². The van der Waals surface area contributed by atoms with Crippen LogP contribution in [0.25, 0.3) is 10.9 Å². The van der Waals surface area contributed by atoms with E-state index in [1.807, 2.05) is 18.3 Å². The Labute approximate surface area is 236 Å². The smallest absolute Gasteiger partial charge is 0.222 e. The maximum Gasteiger partial charge on any atom is 0.222 e. The number of aromatic nitrogens is 2. The van der Waals surface area contributed by atoms with Gasteiger partial charge in [0.25, 0.3) is 0 Å². The molecule has 39 heavy (non-hydrogen) atoms. The van der Waals surface area contributed by atoms with Gasteiger partial charge in [-0.05, 0) is 50.6 Å². The molecule has 1 aromatic carbocycles. The quantitative estimate of drug-likeness (QED) is 0.393. The Kier molecular flexibility index (Phi) is 9.32. The molecule has 0 saturated carbocycles. The van der Waals surface area contributed by atoms with Crippen molar-refractivity contribution < 1.29 is 9.53 Å². The fourth-order valence-electron chi connectivity index (χ4n) is 5.80. The first-order chi connectivity index (χ1) is 19.0. The predicted octanol–water partition coefficient (Wildman–Crippen LogP) is 4.68. The van der Waals surface area contributed by atoms with Crippen LogP contribution in [0.5, 0.6) is 5.75 Å². The molecule has 0 radical (unpaired) electrons. The van der Waals surface area contributed by atoms with Crippen LogP contribution >= 0.6 is 11.3 Å². The summed E-state index contributed by atoms with van der Waals surface area (Å²) in [6.07, 6.45) is 5.80. The third-order valence-corrected chi connectivity index (χ3v) is 9.08. The van der Waals surface area contributed by atoms with E-state index in [4.69, 9.17) is 14.7 Å². The number of amides is 1. The van der Waals surface area contributed by atoms with Crippen LogP contribution in [0.2, 0.25) is 0 Å². The number of hydrogen-bond donors (Lipinski definition) is 1. The average molecular weight is 551 g/mol. The molecule has 0 unspecified atom stereocenters. The summed E-state index contributed by atoms with van der Waals surface area (Å²) in [6, 6.07) is 8.15. The van der Waals surface area contributed by atoms with Gasteiger partial charge in [0.05, 0.1) is 29.4 Å². The van der Waals surface area contributed by atoms with Gasteiger partial charge in [-0.2, -0.15) is 0 Å². The largest absolute Gasteiger partial charge is 0.494 e. The van der Waals surface area contributed by atoms with Crippen LogP contribution in [0.15, 0.2) is 35.8 Å². The minimum Gasteiger partial charge on any atom is -0.494 e. The van der Waals surface area contributed by atoms with Gasteiger partial charge in [-0.15, -0.1) is 11.3 Å². The Hall–Kier alpha value is -2.75. The highest BCUT2D eigenvalue weighted by Gasteiger charge is 2.29. The molecular weight excluding hydrogens is 508 g/mol. The molecule has 210 valence electrons. The van der Waals surface area contributed by atoms with Gasteiger partial charge in [-0.25, -0.2) is 4.98 Å². The van der Waals surface area contributed by atoms with Crippen LogP contribution < -0.4 is 15.0 Å². The molecule has 0 spiro atoms. The number of carbonyl (C=O) groups excluding carboxylic acids is 1. The van der Waals surface area contributed by atoms with Crippen molar-refractivity contribution in [2.45, 2.75) is 51.5 Å². The highest BCUT2D eigenvalue weighted by Crippen LogP contribution is 2.36. The molecule has 0 aliphatic carbocycles. The van der Waals surface area contributed by atoms with Gasteiger partial charge in [-0.1, -0.05) is 19.9 Å². The van der Waals surface area contributed by atoms with E-state index in [9.17, 15) is 4.79 Å². The fourth-order valence-corrected chi connectivity index (χ4v) is 6.68. The number of pyridine rings is 1. The Balaban J connectivity index is 1.32. The summed E-state index contributed by atoms with van der Waals surface area (Å²) >= 11 is 1.71. The summed E-state index contributed by atoms with van der Waals surface area (Å²) in [5, 5.41) is 7.61. The van der Waals surface area contributed by atoms with E-state index in [2.05, 4.69) is 51.4 Å². The lowest BCUT2D eigenvalue weighted by Gasteiger charge is -2.30. The first-order valence-corrected chi connectivity index (χ1v) is 15.3. The topological polar surface area (TPSA) is 73.8 Å². The summed E-state index contributed by atoms with van der Waals surface area (Å²) in [6.45, 7) is 11.8. The maximum atomic E-state index is 13.2. The van der Waals surface area contributed by atoms with E-state index in [0.717, 1.165) is 85.3 Å². The molecule has 3 aromatic rings. The van der Waals surface area contributed by atoms with Crippen molar-refractivity contribution in [2.24, 2.45) is 0 Å². The summed E-state index contributed by atoms with van der Waals surface area (Å²) in [5.74, 6) is 1.34. The normalized spacial score (nSPS) is 18.0. The predicted molar refractivity (Wildman–Crippen MR) is 159 cm³/mol. The van der Waals surface area contributed by atoms with Gasteiger partial charge in [0.2, 0.25) is 5.91 Å². The van der Waals surface area contributed by atoms with E-state index >= 15 is 0 Å². The number of fused-ring (bicyclic) bond motifs is 1. The van der Waals surface area contributed by atoms with E-state index in [1.54, 1.807) is 18.4 Å². The zero-order chi connectivity index (χ0) is 27.2. The second kappa shape index (κ2) is 13.1. The molecule has 5 rings (SSSR count). The standard InChI is InChI=1S/C30H42N6O2S/c1-22(2)30-33-24(21-39-30)25(20-27(37)31-12-17-34-13-4-5-14-34)35-15-7-16-36(19-18-35)29-26(38-3)10-9-23-8-6-11-32-28(23)29/h6,8-11,21-22,25H,4-5,7,12-20H2,1-3H3,(H,31,37)/t25-/m0/s1. The zero-order valence-corrected chi connectivity index (χ0v) is 24.4. The fraction of sp³-hybridized carbons (Fsp3) is 0.567. The average Bonchev–Trinajstić information content (AvgIpc) is 3.60. The summed E-state index contributed by atoms with van der Waals surface area (Å²) in [5.41, 5.74) is 3.06. The molecule has 0 bridgehead atoms. The first kappa shape index (κ1) is 27.8. The molecule has 1 N–H and O–H groups in total. The third-order valence-electron chi connectivity index (χ3n) is 7.92. The molecule has 1 atom stereocenters. The van der Waals surface area contributed by atoms with E-state index in [0.29, 0.717) is 18.9 Å². The van der Waals surface area contributed by atoms with Crippen molar-refractivity contribution in [3.8, 4) is 5.75 Å².